The predicted molar refractivity (Wildman–Crippen MR) is 277 cm³/mol. The molecule has 0 radical (unpaired) electrons. The van der Waals surface area contributed by atoms with Gasteiger partial charge in [0.1, 0.15) is 7.85 Å². The Kier molecular flexibility index (Phi) is 11.2. The van der Waals surface area contributed by atoms with Gasteiger partial charge in [0.2, 0.25) is 0 Å². The van der Waals surface area contributed by atoms with Crippen molar-refractivity contribution in [2.24, 2.45) is 0 Å². The molecule has 2 heteroatoms. The van der Waals surface area contributed by atoms with Gasteiger partial charge in [-0.15, -0.1) is 0 Å². The summed E-state index contributed by atoms with van der Waals surface area (Å²) in [5.74, 6) is 0. The maximum Gasteiger partial charge on any atom is 0.140 e. The van der Waals surface area contributed by atoms with Crippen molar-refractivity contribution in [2.45, 2.75) is 13.8 Å². The van der Waals surface area contributed by atoms with Crippen molar-refractivity contribution >= 4 is 30.4 Å². The highest BCUT2D eigenvalue weighted by atomic mass is 15.1. The number of rotatable bonds is 10. The van der Waals surface area contributed by atoms with Crippen molar-refractivity contribution < 1.29 is 0 Å². The van der Waals surface area contributed by atoms with Crippen LogP contribution >= 0.6 is 0 Å². The van der Waals surface area contributed by atoms with Gasteiger partial charge in [-0.05, 0) is 151 Å². The van der Waals surface area contributed by atoms with E-state index in [-0.39, 0.29) is 0 Å². The Bertz CT molecular complexity index is 3210. The van der Waals surface area contributed by atoms with E-state index in [2.05, 4.69) is 269 Å². The maximum atomic E-state index is 2.38. The summed E-state index contributed by atoms with van der Waals surface area (Å²) < 4.78 is 0. The quantitative estimate of drug-likeness (QED) is 0.124. The van der Waals surface area contributed by atoms with E-state index in [1.165, 1.54) is 88.9 Å². The molecule has 304 valence electrons. The minimum absolute atomic E-state index is 1.09. The van der Waals surface area contributed by atoms with Crippen LogP contribution in [0.25, 0.3) is 77.9 Å². The average molecular weight is 818 g/mol. The van der Waals surface area contributed by atoms with Gasteiger partial charge >= 0.3 is 0 Å². The van der Waals surface area contributed by atoms with Crippen molar-refractivity contribution in [3.05, 3.63) is 254 Å². The summed E-state index contributed by atoms with van der Waals surface area (Å²) in [6.07, 6.45) is 0. The Hall–Kier alpha value is -7.94. The van der Waals surface area contributed by atoms with Gasteiger partial charge in [0.15, 0.2) is 0 Å². The van der Waals surface area contributed by atoms with Crippen molar-refractivity contribution in [2.75, 3.05) is 4.90 Å². The zero-order valence-electron chi connectivity index (χ0n) is 36.5. The van der Waals surface area contributed by atoms with E-state index in [0.717, 1.165) is 22.6 Å². The van der Waals surface area contributed by atoms with Crippen LogP contribution in [0.3, 0.4) is 0 Å². The van der Waals surface area contributed by atoms with E-state index < -0.39 is 0 Å². The number of nitrogens with zero attached hydrogens (tertiary/aromatic N) is 1. The van der Waals surface area contributed by atoms with Crippen LogP contribution in [0.15, 0.2) is 243 Å². The van der Waals surface area contributed by atoms with E-state index in [1.807, 2.05) is 0 Å². The monoisotopic (exact) mass is 817 g/mol. The summed E-state index contributed by atoms with van der Waals surface area (Å²) >= 11 is 0. The van der Waals surface area contributed by atoms with Crippen molar-refractivity contribution in [3.8, 4) is 77.9 Å². The SMILES string of the molecule is Bc1ccccc1-c1cc(-c2ccccc2)ccc1-c1ccc(-c2ccccc2)cc1-c1ccc(N(c2ccc(-c3ccccc3)cc2)c2ccc(-c3ccccc3C)c(C)c2)cc1. The van der Waals surface area contributed by atoms with Crippen LogP contribution < -0.4 is 10.4 Å². The fourth-order valence-corrected chi connectivity index (χ4v) is 9.15. The molecule has 0 aliphatic rings. The van der Waals surface area contributed by atoms with Crippen LogP contribution in [0.1, 0.15) is 11.1 Å². The van der Waals surface area contributed by atoms with Crippen LogP contribution in [-0.4, -0.2) is 7.85 Å². The molecule has 0 unspecified atom stereocenters. The van der Waals surface area contributed by atoms with Gasteiger partial charge < -0.3 is 4.90 Å². The third kappa shape index (κ3) is 8.10. The number of hydrogen-bond acceptors (Lipinski definition) is 1. The minimum Gasteiger partial charge on any atom is -0.310 e. The van der Waals surface area contributed by atoms with Crippen LogP contribution in [0, 0.1) is 13.8 Å². The van der Waals surface area contributed by atoms with Gasteiger partial charge in [-0.2, -0.15) is 0 Å². The third-order valence-electron chi connectivity index (χ3n) is 12.6. The number of hydrogen-bond donors (Lipinski definition) is 0. The molecule has 0 aliphatic heterocycles. The van der Waals surface area contributed by atoms with Gasteiger partial charge in [-0.25, -0.2) is 0 Å². The largest absolute Gasteiger partial charge is 0.310 e. The molecule has 0 N–H and O–H groups in total. The fourth-order valence-electron chi connectivity index (χ4n) is 9.15. The molecule has 0 spiro atoms. The molecule has 0 aliphatic carbocycles. The molecule has 0 atom stereocenters. The normalized spacial score (nSPS) is 11.0. The Morgan fingerprint density at radius 3 is 1.19 bits per heavy atom. The molecule has 10 rings (SSSR count). The lowest BCUT2D eigenvalue weighted by molar-refractivity contribution is 1.27. The van der Waals surface area contributed by atoms with Crippen molar-refractivity contribution in [3.63, 3.8) is 0 Å². The molecule has 0 saturated carbocycles. The lowest BCUT2D eigenvalue weighted by Gasteiger charge is -2.27. The van der Waals surface area contributed by atoms with Crippen LogP contribution in [0.4, 0.5) is 17.1 Å². The number of benzene rings is 10. The third-order valence-corrected chi connectivity index (χ3v) is 12.6. The Labute approximate surface area is 379 Å². The highest BCUT2D eigenvalue weighted by molar-refractivity contribution is 6.36. The van der Waals surface area contributed by atoms with E-state index in [4.69, 9.17) is 0 Å². The van der Waals surface area contributed by atoms with Crippen LogP contribution in [0.2, 0.25) is 0 Å². The number of aryl methyl sites for hydroxylation is 2. The summed E-state index contributed by atoms with van der Waals surface area (Å²) in [6, 6.07) is 88.3. The molecule has 0 aromatic heterocycles. The summed E-state index contributed by atoms with van der Waals surface area (Å²) in [7, 11) is 2.21. The van der Waals surface area contributed by atoms with E-state index >= 15 is 0 Å². The first kappa shape index (κ1) is 40.2. The first-order valence-electron chi connectivity index (χ1n) is 22.2. The Balaban J connectivity index is 1.11. The zero-order chi connectivity index (χ0) is 43.4. The molecule has 0 bridgehead atoms. The summed E-state index contributed by atoms with van der Waals surface area (Å²) in [4.78, 5) is 2.38. The van der Waals surface area contributed by atoms with E-state index in [1.54, 1.807) is 0 Å². The Morgan fingerprint density at radius 1 is 0.250 bits per heavy atom. The van der Waals surface area contributed by atoms with Gasteiger partial charge in [-0.3, -0.25) is 0 Å². The molecular weight excluding hydrogens is 770 g/mol. The molecule has 10 aromatic rings. The van der Waals surface area contributed by atoms with Gasteiger partial charge in [0, 0.05) is 17.1 Å². The predicted octanol–water partition coefficient (Wildman–Crippen LogP) is 15.7. The molecule has 64 heavy (non-hydrogen) atoms. The van der Waals surface area contributed by atoms with Gasteiger partial charge in [0.05, 0.1) is 0 Å². The molecule has 0 amide bonds. The first-order valence-corrected chi connectivity index (χ1v) is 22.2. The zero-order valence-corrected chi connectivity index (χ0v) is 36.5. The van der Waals surface area contributed by atoms with Crippen molar-refractivity contribution in [1.82, 2.24) is 0 Å². The average Bonchev–Trinajstić information content (AvgIpc) is 3.35. The summed E-state index contributed by atoms with van der Waals surface area (Å²) in [6.45, 7) is 4.42. The topological polar surface area (TPSA) is 3.24 Å². The molecular formula is C62H48BN. The standard InChI is InChI=1S/C62H48BN/c1-43-16-12-13-23-55(43)56-39-36-54(40-44(56)2)64(52-32-26-48(27-33-52)45-17-6-3-7-18-45)53-34-28-49(29-35-53)60-41-50(46-19-8-4-9-20-46)30-37-57(60)58-38-31-51(47-21-10-5-11-22-47)42-61(58)59-24-14-15-25-62(59)63/h3-42H,63H2,1-2H3. The van der Waals surface area contributed by atoms with E-state index in [9.17, 15) is 0 Å². The molecule has 1 nitrogen and oxygen atoms in total. The van der Waals surface area contributed by atoms with Crippen molar-refractivity contribution in [1.29, 1.82) is 0 Å². The van der Waals surface area contributed by atoms with Crippen LogP contribution in [-0.2, 0) is 0 Å². The molecule has 0 fully saturated rings. The van der Waals surface area contributed by atoms with E-state index in [0.29, 0.717) is 0 Å². The molecule has 10 aromatic carbocycles. The summed E-state index contributed by atoms with van der Waals surface area (Å²) in [5.41, 5.74) is 24.0. The molecule has 0 saturated heterocycles. The van der Waals surface area contributed by atoms with Crippen LogP contribution in [0.5, 0.6) is 0 Å². The second-order valence-corrected chi connectivity index (χ2v) is 16.7. The summed E-state index contributed by atoms with van der Waals surface area (Å²) in [5, 5.41) is 0. The Morgan fingerprint density at radius 2 is 0.641 bits per heavy atom. The number of anilines is 3. The van der Waals surface area contributed by atoms with Gasteiger partial charge in [-0.1, -0.05) is 200 Å². The minimum atomic E-state index is 1.09. The van der Waals surface area contributed by atoms with Gasteiger partial charge in [0.25, 0.3) is 0 Å². The highest BCUT2D eigenvalue weighted by Gasteiger charge is 2.19. The first-order chi connectivity index (χ1) is 31.5. The highest BCUT2D eigenvalue weighted by Crippen LogP contribution is 2.44. The smallest absolute Gasteiger partial charge is 0.140 e. The second-order valence-electron chi connectivity index (χ2n) is 16.7. The maximum absolute atomic E-state index is 2.38. The fraction of sp³-hybridized carbons (Fsp3) is 0.0323. The second kappa shape index (κ2) is 17.8. The molecule has 0 heterocycles. The lowest BCUT2D eigenvalue weighted by atomic mass is 9.81. The lowest BCUT2D eigenvalue weighted by Crippen LogP contribution is -2.10.